The molecule has 0 aliphatic carbocycles. The first-order valence-corrected chi connectivity index (χ1v) is 5.00. The summed E-state index contributed by atoms with van der Waals surface area (Å²) in [6, 6.07) is 0.380. The molecule has 5 nitrogen and oxygen atoms in total. The highest BCUT2D eigenvalue weighted by Crippen LogP contribution is 2.18. The van der Waals surface area contributed by atoms with Crippen LogP contribution in [-0.2, 0) is 4.74 Å². The first-order chi connectivity index (χ1) is 6.79. The molecule has 1 aliphatic rings. The van der Waals surface area contributed by atoms with Gasteiger partial charge in [-0.1, -0.05) is 0 Å². The molecule has 1 atom stereocenters. The number of hydrogen-bond donors (Lipinski definition) is 1. The van der Waals surface area contributed by atoms with Crippen LogP contribution in [0.3, 0.4) is 0 Å². The van der Waals surface area contributed by atoms with Crippen LogP contribution in [0.15, 0.2) is 6.33 Å². The molecule has 0 amide bonds. The van der Waals surface area contributed by atoms with Crippen molar-refractivity contribution in [3.63, 3.8) is 0 Å². The van der Waals surface area contributed by atoms with Gasteiger partial charge in [0.2, 0.25) is 0 Å². The van der Waals surface area contributed by atoms with Crippen LogP contribution in [-0.4, -0.2) is 34.5 Å². The van der Waals surface area contributed by atoms with E-state index in [4.69, 9.17) is 4.74 Å². The molecule has 0 aromatic carbocycles. The van der Waals surface area contributed by atoms with Crippen LogP contribution in [0.1, 0.15) is 31.8 Å². The second kappa shape index (κ2) is 4.06. The third-order valence-electron chi connectivity index (χ3n) is 2.37. The fourth-order valence-corrected chi connectivity index (χ4v) is 1.61. The Morgan fingerprint density at radius 3 is 3.14 bits per heavy atom. The summed E-state index contributed by atoms with van der Waals surface area (Å²) >= 11 is 0. The lowest BCUT2D eigenvalue weighted by Crippen LogP contribution is -2.34. The zero-order valence-corrected chi connectivity index (χ0v) is 8.60. The van der Waals surface area contributed by atoms with Crippen LogP contribution in [0.4, 0.5) is 0 Å². The van der Waals surface area contributed by atoms with E-state index < -0.39 is 0 Å². The summed E-state index contributed by atoms with van der Waals surface area (Å²) in [4.78, 5) is 0. The summed E-state index contributed by atoms with van der Waals surface area (Å²) < 4.78 is 7.68. The molecule has 14 heavy (non-hydrogen) atoms. The monoisotopic (exact) mass is 196 g/mol. The van der Waals surface area contributed by atoms with Gasteiger partial charge in [-0.2, -0.15) is 0 Å². The molecule has 1 saturated heterocycles. The molecule has 0 spiro atoms. The van der Waals surface area contributed by atoms with E-state index in [1.165, 1.54) is 0 Å². The Kier molecular flexibility index (Phi) is 2.79. The number of nitrogens with zero attached hydrogens (tertiary/aromatic N) is 3. The molecule has 0 saturated carbocycles. The van der Waals surface area contributed by atoms with Gasteiger partial charge in [0.25, 0.3) is 0 Å². The first-order valence-electron chi connectivity index (χ1n) is 5.00. The van der Waals surface area contributed by atoms with Crippen molar-refractivity contribution in [2.45, 2.75) is 26.0 Å². The molecule has 0 bridgehead atoms. The number of rotatable bonds is 2. The molecule has 1 aromatic heterocycles. The fourth-order valence-electron chi connectivity index (χ4n) is 1.61. The summed E-state index contributed by atoms with van der Waals surface area (Å²) in [7, 11) is 0. The Morgan fingerprint density at radius 2 is 2.50 bits per heavy atom. The quantitative estimate of drug-likeness (QED) is 0.749. The lowest BCUT2D eigenvalue weighted by atomic mass is 10.2. The summed E-state index contributed by atoms with van der Waals surface area (Å²) in [5, 5.41) is 11.3. The number of aromatic nitrogens is 3. The van der Waals surface area contributed by atoms with Crippen LogP contribution in [0.2, 0.25) is 0 Å². The summed E-state index contributed by atoms with van der Waals surface area (Å²) in [6.45, 7) is 6.72. The lowest BCUT2D eigenvalue weighted by molar-refractivity contribution is 0.0192. The van der Waals surface area contributed by atoms with Gasteiger partial charge in [-0.25, -0.2) is 0 Å². The molecule has 1 aromatic rings. The standard InChI is InChI=1S/C9H16N4O/c1-7(2)13-6-11-12-9(13)8-5-10-3-4-14-8/h6-8,10H,3-5H2,1-2H3. The van der Waals surface area contributed by atoms with Crippen molar-refractivity contribution in [3.8, 4) is 0 Å². The normalized spacial score (nSPS) is 22.9. The minimum absolute atomic E-state index is 0.0497. The predicted molar refractivity (Wildman–Crippen MR) is 52.0 cm³/mol. The molecular formula is C9H16N4O. The topological polar surface area (TPSA) is 52.0 Å². The van der Waals surface area contributed by atoms with Crippen LogP contribution in [0.5, 0.6) is 0 Å². The maximum Gasteiger partial charge on any atom is 0.163 e. The smallest absolute Gasteiger partial charge is 0.163 e. The largest absolute Gasteiger partial charge is 0.368 e. The highest BCUT2D eigenvalue weighted by atomic mass is 16.5. The zero-order chi connectivity index (χ0) is 9.97. The fraction of sp³-hybridized carbons (Fsp3) is 0.778. The van der Waals surface area contributed by atoms with Gasteiger partial charge >= 0.3 is 0 Å². The number of ether oxygens (including phenoxy) is 1. The minimum Gasteiger partial charge on any atom is -0.368 e. The Morgan fingerprint density at radius 1 is 1.64 bits per heavy atom. The van der Waals surface area contributed by atoms with Crippen molar-refractivity contribution in [1.82, 2.24) is 20.1 Å². The van der Waals surface area contributed by atoms with Crippen LogP contribution < -0.4 is 5.32 Å². The predicted octanol–water partition coefficient (Wildman–Crippen LogP) is 0.520. The van der Waals surface area contributed by atoms with E-state index in [0.717, 1.165) is 25.5 Å². The van der Waals surface area contributed by atoms with E-state index in [9.17, 15) is 0 Å². The third kappa shape index (κ3) is 1.78. The molecule has 1 aliphatic heterocycles. The van der Waals surface area contributed by atoms with E-state index in [1.807, 2.05) is 0 Å². The minimum atomic E-state index is 0.0497. The summed E-state index contributed by atoms with van der Waals surface area (Å²) in [6.07, 6.45) is 1.81. The summed E-state index contributed by atoms with van der Waals surface area (Å²) in [5.74, 6) is 0.923. The van der Waals surface area contributed by atoms with Crippen molar-refractivity contribution >= 4 is 0 Å². The van der Waals surface area contributed by atoms with Gasteiger partial charge < -0.3 is 14.6 Å². The zero-order valence-electron chi connectivity index (χ0n) is 8.60. The maximum absolute atomic E-state index is 5.63. The van der Waals surface area contributed by atoms with Gasteiger partial charge in [-0.15, -0.1) is 10.2 Å². The van der Waals surface area contributed by atoms with Crippen molar-refractivity contribution in [1.29, 1.82) is 0 Å². The number of morpholine rings is 1. The van der Waals surface area contributed by atoms with Gasteiger partial charge in [0.15, 0.2) is 5.82 Å². The van der Waals surface area contributed by atoms with E-state index in [-0.39, 0.29) is 6.10 Å². The van der Waals surface area contributed by atoms with Crippen molar-refractivity contribution < 1.29 is 4.74 Å². The van der Waals surface area contributed by atoms with Gasteiger partial charge in [0, 0.05) is 19.1 Å². The van der Waals surface area contributed by atoms with Crippen LogP contribution in [0.25, 0.3) is 0 Å². The van der Waals surface area contributed by atoms with E-state index in [0.29, 0.717) is 6.04 Å². The highest BCUT2D eigenvalue weighted by molar-refractivity contribution is 4.95. The number of nitrogens with one attached hydrogen (secondary N) is 1. The van der Waals surface area contributed by atoms with Gasteiger partial charge in [-0.05, 0) is 13.8 Å². The highest BCUT2D eigenvalue weighted by Gasteiger charge is 2.21. The maximum atomic E-state index is 5.63. The third-order valence-corrected chi connectivity index (χ3v) is 2.37. The average Bonchev–Trinajstić information content (AvgIpc) is 2.67. The average molecular weight is 196 g/mol. The van der Waals surface area contributed by atoms with Gasteiger partial charge in [-0.3, -0.25) is 0 Å². The Hall–Kier alpha value is -0.940. The lowest BCUT2D eigenvalue weighted by Gasteiger charge is -2.24. The Bertz CT molecular complexity index is 291. The molecule has 0 radical (unpaired) electrons. The summed E-state index contributed by atoms with van der Waals surface area (Å²) in [5.41, 5.74) is 0. The number of hydrogen-bond acceptors (Lipinski definition) is 4. The van der Waals surface area contributed by atoms with Crippen LogP contribution in [0, 0.1) is 0 Å². The first kappa shape index (κ1) is 9.61. The molecule has 2 rings (SSSR count). The molecular weight excluding hydrogens is 180 g/mol. The van der Waals surface area contributed by atoms with Crippen molar-refractivity contribution in [2.24, 2.45) is 0 Å². The molecule has 1 fully saturated rings. The Balaban J connectivity index is 2.17. The van der Waals surface area contributed by atoms with E-state index in [2.05, 4.69) is 33.9 Å². The van der Waals surface area contributed by atoms with Crippen molar-refractivity contribution in [2.75, 3.05) is 19.7 Å². The molecule has 1 unspecified atom stereocenters. The second-order valence-corrected chi connectivity index (χ2v) is 3.75. The SMILES string of the molecule is CC(C)n1cnnc1C1CNCCO1. The Labute approximate surface area is 83.5 Å². The molecule has 5 heteroatoms. The molecule has 1 N–H and O–H groups in total. The van der Waals surface area contributed by atoms with Gasteiger partial charge in [0.05, 0.1) is 6.61 Å². The van der Waals surface area contributed by atoms with E-state index >= 15 is 0 Å². The second-order valence-electron chi connectivity index (χ2n) is 3.75. The van der Waals surface area contributed by atoms with Crippen LogP contribution >= 0.6 is 0 Å². The molecule has 78 valence electrons. The molecule has 2 heterocycles. The van der Waals surface area contributed by atoms with Crippen molar-refractivity contribution in [3.05, 3.63) is 12.2 Å². The van der Waals surface area contributed by atoms with Gasteiger partial charge in [0.1, 0.15) is 12.4 Å². The van der Waals surface area contributed by atoms with E-state index in [1.54, 1.807) is 6.33 Å².